The molecule has 2 aromatic rings. The molecule has 0 aromatic carbocycles. The Labute approximate surface area is 134 Å². The highest BCUT2D eigenvalue weighted by atomic mass is 16.5. The third kappa shape index (κ3) is 3.10. The monoisotopic (exact) mass is 316 g/mol. The van der Waals surface area contributed by atoms with Gasteiger partial charge < -0.3 is 14.5 Å². The molecule has 0 radical (unpaired) electrons. The van der Waals surface area contributed by atoms with Crippen LogP contribution >= 0.6 is 0 Å². The Morgan fingerprint density at radius 1 is 1.43 bits per heavy atom. The fourth-order valence-corrected chi connectivity index (χ4v) is 2.71. The predicted octanol–water partition coefficient (Wildman–Crippen LogP) is 0.721. The molecule has 0 fully saturated rings. The van der Waals surface area contributed by atoms with Crippen molar-refractivity contribution in [2.24, 2.45) is 0 Å². The van der Waals surface area contributed by atoms with Crippen molar-refractivity contribution in [3.63, 3.8) is 0 Å². The second kappa shape index (κ2) is 6.23. The molecule has 0 saturated carbocycles. The molecule has 0 N–H and O–H groups in total. The smallest absolute Gasteiger partial charge is 0.224 e. The van der Waals surface area contributed by atoms with Crippen molar-refractivity contribution in [1.82, 2.24) is 24.6 Å². The molecule has 1 amide bonds. The fourth-order valence-electron chi connectivity index (χ4n) is 2.71. The van der Waals surface area contributed by atoms with E-state index in [0.29, 0.717) is 25.4 Å². The highest BCUT2D eigenvalue weighted by molar-refractivity contribution is 5.76. The van der Waals surface area contributed by atoms with Gasteiger partial charge in [-0.1, -0.05) is 0 Å². The zero-order valence-electron chi connectivity index (χ0n) is 13.5. The van der Waals surface area contributed by atoms with E-state index in [2.05, 4.69) is 20.0 Å². The number of ether oxygens (including phenoxy) is 1. The Balaban J connectivity index is 1.86. The Bertz CT molecular complexity index is 699. The predicted molar refractivity (Wildman–Crippen MR) is 84.2 cm³/mol. The van der Waals surface area contributed by atoms with Gasteiger partial charge in [-0.25, -0.2) is 9.97 Å². The number of hydrogen-bond acceptors (Lipinski definition) is 6. The van der Waals surface area contributed by atoms with Crippen LogP contribution in [0.25, 0.3) is 0 Å². The normalized spacial score (nSPS) is 16.8. The summed E-state index contributed by atoms with van der Waals surface area (Å²) in [7, 11) is 5.11. The standard InChI is InChI=1S/C15H20N6O2/c1-19(2)15(22)6-12-9-20(8-11-4-5-18-21(11)12)13-7-14(23-3)17-10-16-13/h4-5,7,10,12H,6,8-9H2,1-3H3. The van der Waals surface area contributed by atoms with Crippen molar-refractivity contribution in [1.29, 1.82) is 0 Å². The number of amides is 1. The van der Waals surface area contributed by atoms with Gasteiger partial charge in [0.15, 0.2) is 0 Å². The van der Waals surface area contributed by atoms with Crippen LogP contribution in [-0.2, 0) is 11.3 Å². The van der Waals surface area contributed by atoms with Gasteiger partial charge in [0.1, 0.15) is 12.1 Å². The summed E-state index contributed by atoms with van der Waals surface area (Å²) in [6.07, 6.45) is 3.66. The first-order valence-electron chi connectivity index (χ1n) is 7.42. The van der Waals surface area contributed by atoms with Gasteiger partial charge in [0, 0.05) is 32.9 Å². The number of aromatic nitrogens is 4. The van der Waals surface area contributed by atoms with Crippen LogP contribution in [0.1, 0.15) is 18.2 Å². The molecule has 1 atom stereocenters. The van der Waals surface area contributed by atoms with E-state index >= 15 is 0 Å². The second-order valence-corrected chi connectivity index (χ2v) is 5.71. The van der Waals surface area contributed by atoms with Crippen LogP contribution in [0.15, 0.2) is 24.7 Å². The van der Waals surface area contributed by atoms with Crippen molar-refractivity contribution < 1.29 is 9.53 Å². The summed E-state index contributed by atoms with van der Waals surface area (Å²) in [6, 6.07) is 3.75. The van der Waals surface area contributed by atoms with E-state index in [9.17, 15) is 4.79 Å². The second-order valence-electron chi connectivity index (χ2n) is 5.71. The molecule has 3 rings (SSSR count). The lowest BCUT2D eigenvalue weighted by atomic mass is 10.1. The first-order chi connectivity index (χ1) is 11.1. The van der Waals surface area contributed by atoms with E-state index < -0.39 is 0 Å². The van der Waals surface area contributed by atoms with Crippen LogP contribution in [-0.4, -0.2) is 58.3 Å². The van der Waals surface area contributed by atoms with Gasteiger partial charge in [-0.3, -0.25) is 9.48 Å². The number of carbonyl (C=O) groups is 1. The molecule has 0 aliphatic carbocycles. The van der Waals surface area contributed by atoms with Crippen molar-refractivity contribution in [2.75, 3.05) is 32.6 Å². The molecule has 0 bridgehead atoms. The van der Waals surface area contributed by atoms with Gasteiger partial charge in [0.25, 0.3) is 0 Å². The van der Waals surface area contributed by atoms with Gasteiger partial charge in [-0.15, -0.1) is 0 Å². The molecule has 0 saturated heterocycles. The highest BCUT2D eigenvalue weighted by Crippen LogP contribution is 2.27. The van der Waals surface area contributed by atoms with Gasteiger partial charge in [0.2, 0.25) is 11.8 Å². The van der Waals surface area contributed by atoms with Crippen molar-refractivity contribution in [3.8, 4) is 5.88 Å². The Morgan fingerprint density at radius 2 is 2.26 bits per heavy atom. The minimum atomic E-state index is -0.0235. The third-order valence-corrected chi connectivity index (χ3v) is 3.95. The number of rotatable bonds is 4. The highest BCUT2D eigenvalue weighted by Gasteiger charge is 2.28. The van der Waals surface area contributed by atoms with Gasteiger partial charge >= 0.3 is 0 Å². The minimum absolute atomic E-state index is 0.0235. The maximum absolute atomic E-state index is 12.1. The lowest BCUT2D eigenvalue weighted by molar-refractivity contribution is -0.129. The van der Waals surface area contributed by atoms with Crippen LogP contribution in [0.4, 0.5) is 5.82 Å². The largest absolute Gasteiger partial charge is 0.481 e. The van der Waals surface area contributed by atoms with Crippen LogP contribution in [0.3, 0.4) is 0 Å². The average Bonchev–Trinajstić information content (AvgIpc) is 3.03. The Kier molecular flexibility index (Phi) is 4.14. The van der Waals surface area contributed by atoms with Gasteiger partial charge in [-0.2, -0.15) is 5.10 Å². The Morgan fingerprint density at radius 3 is 3.00 bits per heavy atom. The van der Waals surface area contributed by atoms with Crippen LogP contribution in [0.2, 0.25) is 0 Å². The van der Waals surface area contributed by atoms with E-state index in [0.717, 1.165) is 11.5 Å². The molecule has 2 aromatic heterocycles. The third-order valence-electron chi connectivity index (χ3n) is 3.95. The molecule has 1 unspecified atom stereocenters. The number of nitrogens with zero attached hydrogens (tertiary/aromatic N) is 6. The summed E-state index contributed by atoms with van der Waals surface area (Å²) in [6.45, 7) is 1.35. The molecular weight excluding hydrogens is 296 g/mol. The summed E-state index contributed by atoms with van der Waals surface area (Å²) in [4.78, 5) is 24.2. The quantitative estimate of drug-likeness (QED) is 0.827. The summed E-state index contributed by atoms with van der Waals surface area (Å²) in [5.74, 6) is 1.39. The summed E-state index contributed by atoms with van der Waals surface area (Å²) in [5.41, 5.74) is 1.06. The summed E-state index contributed by atoms with van der Waals surface area (Å²) >= 11 is 0. The van der Waals surface area contributed by atoms with Crippen molar-refractivity contribution >= 4 is 11.7 Å². The molecule has 0 spiro atoms. The number of fused-ring (bicyclic) bond motifs is 1. The molecule has 122 valence electrons. The van der Waals surface area contributed by atoms with Crippen LogP contribution < -0.4 is 9.64 Å². The summed E-state index contributed by atoms with van der Waals surface area (Å²) in [5, 5.41) is 4.37. The van der Waals surface area contributed by atoms with Gasteiger partial charge in [-0.05, 0) is 6.07 Å². The maximum atomic E-state index is 12.1. The first-order valence-corrected chi connectivity index (χ1v) is 7.42. The lowest BCUT2D eigenvalue weighted by Crippen LogP contribution is -2.40. The molecule has 1 aliphatic rings. The maximum Gasteiger partial charge on any atom is 0.224 e. The van der Waals surface area contributed by atoms with E-state index in [4.69, 9.17) is 4.74 Å². The first kappa shape index (κ1) is 15.3. The van der Waals surface area contributed by atoms with E-state index in [1.165, 1.54) is 6.33 Å². The lowest BCUT2D eigenvalue weighted by Gasteiger charge is -2.34. The van der Waals surface area contributed by atoms with Crippen LogP contribution in [0.5, 0.6) is 5.88 Å². The minimum Gasteiger partial charge on any atom is -0.481 e. The van der Waals surface area contributed by atoms with Crippen molar-refractivity contribution in [2.45, 2.75) is 19.0 Å². The topological polar surface area (TPSA) is 76.4 Å². The molecule has 8 heteroatoms. The molecule has 8 nitrogen and oxygen atoms in total. The molecular formula is C15H20N6O2. The van der Waals surface area contributed by atoms with Crippen molar-refractivity contribution in [3.05, 3.63) is 30.4 Å². The van der Waals surface area contributed by atoms with Gasteiger partial charge in [0.05, 0.1) is 31.8 Å². The number of carbonyl (C=O) groups excluding carboxylic acids is 1. The Hall–Kier alpha value is -2.64. The number of methoxy groups -OCH3 is 1. The molecule has 1 aliphatic heterocycles. The number of hydrogen-bond donors (Lipinski definition) is 0. The SMILES string of the molecule is COc1cc(N2Cc3ccnn3C(CC(=O)N(C)C)C2)ncn1. The molecule has 23 heavy (non-hydrogen) atoms. The zero-order chi connectivity index (χ0) is 16.4. The van der Waals surface area contributed by atoms with Crippen LogP contribution in [0, 0.1) is 0 Å². The van der Waals surface area contributed by atoms with E-state index in [1.807, 2.05) is 10.7 Å². The van der Waals surface area contributed by atoms with E-state index in [1.54, 1.807) is 38.4 Å². The molecule has 3 heterocycles. The number of anilines is 1. The van der Waals surface area contributed by atoms with E-state index in [-0.39, 0.29) is 11.9 Å². The fraction of sp³-hybridized carbons (Fsp3) is 0.467. The average molecular weight is 316 g/mol. The zero-order valence-corrected chi connectivity index (χ0v) is 13.5. The summed E-state index contributed by atoms with van der Waals surface area (Å²) < 4.78 is 7.11.